The summed E-state index contributed by atoms with van der Waals surface area (Å²) < 4.78 is 0. The van der Waals surface area contributed by atoms with Crippen LogP contribution in [0.25, 0.3) is 0 Å². The Morgan fingerprint density at radius 2 is 1.81 bits per heavy atom. The number of nitrogens with zero attached hydrogens (tertiary/aromatic N) is 1. The number of amides is 2. The maximum absolute atomic E-state index is 12.6. The van der Waals surface area contributed by atoms with Crippen molar-refractivity contribution in [3.05, 3.63) is 28.8 Å². The molecule has 1 aromatic rings. The predicted octanol–water partition coefficient (Wildman–Crippen LogP) is 3.55. The normalized spacial score (nSPS) is 18.7. The fourth-order valence-corrected chi connectivity index (χ4v) is 3.88. The second-order valence-corrected chi connectivity index (χ2v) is 7.62. The van der Waals surface area contributed by atoms with E-state index in [9.17, 15) is 19.5 Å². The van der Waals surface area contributed by atoms with Crippen molar-refractivity contribution < 1.29 is 19.5 Å². The van der Waals surface area contributed by atoms with Crippen LogP contribution >= 0.6 is 11.6 Å². The van der Waals surface area contributed by atoms with E-state index >= 15 is 0 Å². The molecule has 0 unspecified atom stereocenters. The molecule has 0 radical (unpaired) electrons. The molecule has 26 heavy (non-hydrogen) atoms. The maximum atomic E-state index is 12.6. The van der Waals surface area contributed by atoms with Gasteiger partial charge in [0.15, 0.2) is 0 Å². The van der Waals surface area contributed by atoms with E-state index in [4.69, 9.17) is 11.6 Å². The van der Waals surface area contributed by atoms with E-state index < -0.39 is 11.4 Å². The van der Waals surface area contributed by atoms with E-state index in [0.29, 0.717) is 24.1 Å². The Morgan fingerprint density at radius 3 is 2.35 bits per heavy atom. The average molecular weight is 379 g/mol. The summed E-state index contributed by atoms with van der Waals surface area (Å²) in [6, 6.07) is 4.80. The summed E-state index contributed by atoms with van der Waals surface area (Å²) in [5.41, 5.74) is -0.0412. The molecule has 7 heteroatoms. The molecular weight excluding hydrogens is 356 g/mol. The van der Waals surface area contributed by atoms with Crippen molar-refractivity contribution in [3.63, 3.8) is 0 Å². The molecule has 2 amide bonds. The first kappa shape index (κ1) is 18.7. The zero-order valence-electron chi connectivity index (χ0n) is 14.6. The smallest absolute Gasteiger partial charge is 0.310 e. The monoisotopic (exact) mass is 378 g/mol. The second kappa shape index (κ2) is 7.66. The quantitative estimate of drug-likeness (QED) is 0.820. The van der Waals surface area contributed by atoms with Gasteiger partial charge in [-0.15, -0.1) is 0 Å². The number of carboxylic acids is 1. The topological polar surface area (TPSA) is 86.7 Å². The van der Waals surface area contributed by atoms with E-state index in [1.807, 2.05) is 0 Å². The molecular formula is C19H23ClN2O4. The highest BCUT2D eigenvalue weighted by atomic mass is 35.5. The summed E-state index contributed by atoms with van der Waals surface area (Å²) in [6.07, 6.45) is 4.98. The van der Waals surface area contributed by atoms with Gasteiger partial charge in [0.2, 0.25) is 5.91 Å². The van der Waals surface area contributed by atoms with Gasteiger partial charge in [-0.25, -0.2) is 0 Å². The third-order valence-corrected chi connectivity index (χ3v) is 5.70. The highest BCUT2D eigenvalue weighted by molar-refractivity contribution is 6.34. The van der Waals surface area contributed by atoms with E-state index in [1.54, 1.807) is 23.1 Å². The molecule has 1 aromatic carbocycles. The van der Waals surface area contributed by atoms with Gasteiger partial charge in [-0.05, 0) is 50.3 Å². The first-order chi connectivity index (χ1) is 12.4. The van der Waals surface area contributed by atoms with E-state index in [0.717, 1.165) is 38.8 Å². The minimum atomic E-state index is -0.932. The number of likely N-dealkylation sites (tertiary alicyclic amines) is 1. The molecule has 1 saturated carbocycles. The minimum Gasteiger partial charge on any atom is -0.481 e. The van der Waals surface area contributed by atoms with Gasteiger partial charge in [0.05, 0.1) is 16.0 Å². The summed E-state index contributed by atoms with van der Waals surface area (Å²) in [4.78, 5) is 37.9. The number of hydrogen-bond donors (Lipinski definition) is 2. The lowest BCUT2D eigenvalue weighted by atomic mass is 9.66. The minimum absolute atomic E-state index is 0.0472. The van der Waals surface area contributed by atoms with Crippen molar-refractivity contribution in [2.75, 3.05) is 18.4 Å². The Kier molecular flexibility index (Phi) is 5.51. The number of rotatable bonds is 5. The van der Waals surface area contributed by atoms with Gasteiger partial charge in [-0.3, -0.25) is 14.4 Å². The van der Waals surface area contributed by atoms with Gasteiger partial charge in [-0.1, -0.05) is 18.0 Å². The molecule has 1 saturated heterocycles. The van der Waals surface area contributed by atoms with Crippen LogP contribution in [0.5, 0.6) is 0 Å². The van der Waals surface area contributed by atoms with Crippen molar-refractivity contribution in [2.45, 2.75) is 44.9 Å². The second-order valence-electron chi connectivity index (χ2n) is 7.21. The molecule has 2 aliphatic rings. The highest BCUT2D eigenvalue weighted by Gasteiger charge is 2.45. The fourth-order valence-electron chi connectivity index (χ4n) is 3.62. The van der Waals surface area contributed by atoms with Crippen LogP contribution in [0.1, 0.15) is 55.3 Å². The molecule has 0 bridgehead atoms. The number of anilines is 1. The molecule has 140 valence electrons. The number of nitrogens with one attached hydrogen (secondary N) is 1. The number of halogens is 1. The molecule has 1 heterocycles. The summed E-state index contributed by atoms with van der Waals surface area (Å²) in [6.45, 7) is 1.48. The van der Waals surface area contributed by atoms with Crippen molar-refractivity contribution >= 4 is 35.1 Å². The standard InChI is InChI=1S/C19H23ClN2O4/c20-15-11-13(21-16(23)12-19(18(25)26)7-4-8-19)5-6-14(15)17(24)22-9-2-1-3-10-22/h5-6,11H,1-4,7-10,12H2,(H,21,23)(H,25,26). The van der Waals surface area contributed by atoms with E-state index in [1.165, 1.54) is 0 Å². The first-order valence-corrected chi connectivity index (χ1v) is 9.41. The Hall–Kier alpha value is -2.08. The zero-order valence-corrected chi connectivity index (χ0v) is 15.3. The lowest BCUT2D eigenvalue weighted by Gasteiger charge is -2.36. The summed E-state index contributed by atoms with van der Waals surface area (Å²) in [5, 5.41) is 12.3. The molecule has 0 spiro atoms. The van der Waals surface area contributed by atoms with E-state index in [-0.39, 0.29) is 23.3 Å². The van der Waals surface area contributed by atoms with Crippen molar-refractivity contribution in [2.24, 2.45) is 5.41 Å². The largest absolute Gasteiger partial charge is 0.481 e. The van der Waals surface area contributed by atoms with Gasteiger partial charge in [-0.2, -0.15) is 0 Å². The Balaban J connectivity index is 1.64. The lowest BCUT2D eigenvalue weighted by molar-refractivity contribution is -0.157. The highest BCUT2D eigenvalue weighted by Crippen LogP contribution is 2.44. The number of piperidine rings is 1. The fraction of sp³-hybridized carbons (Fsp3) is 0.526. The maximum Gasteiger partial charge on any atom is 0.310 e. The Labute approximate surface area is 157 Å². The Bertz CT molecular complexity index is 724. The number of hydrogen-bond acceptors (Lipinski definition) is 3. The van der Waals surface area contributed by atoms with Gasteiger partial charge in [0, 0.05) is 25.2 Å². The molecule has 1 aliphatic carbocycles. The van der Waals surface area contributed by atoms with Gasteiger partial charge < -0.3 is 15.3 Å². The summed E-state index contributed by atoms with van der Waals surface area (Å²) >= 11 is 6.26. The molecule has 2 N–H and O–H groups in total. The van der Waals surface area contributed by atoms with Crippen LogP contribution in [-0.2, 0) is 9.59 Å². The third-order valence-electron chi connectivity index (χ3n) is 5.39. The number of carbonyl (C=O) groups is 3. The zero-order chi connectivity index (χ0) is 18.7. The molecule has 3 rings (SSSR count). The van der Waals surface area contributed by atoms with E-state index in [2.05, 4.69) is 5.32 Å². The van der Waals surface area contributed by atoms with Crippen LogP contribution in [0, 0.1) is 5.41 Å². The number of carboxylic acid groups (broad SMARTS) is 1. The average Bonchev–Trinajstić information content (AvgIpc) is 2.58. The van der Waals surface area contributed by atoms with Crippen LogP contribution < -0.4 is 5.32 Å². The Morgan fingerprint density at radius 1 is 1.12 bits per heavy atom. The third kappa shape index (κ3) is 3.85. The lowest BCUT2D eigenvalue weighted by Crippen LogP contribution is -2.41. The van der Waals surface area contributed by atoms with Crippen LogP contribution in [0.4, 0.5) is 5.69 Å². The predicted molar refractivity (Wildman–Crippen MR) is 98.4 cm³/mol. The van der Waals surface area contributed by atoms with Crippen LogP contribution in [-0.4, -0.2) is 40.9 Å². The van der Waals surface area contributed by atoms with Gasteiger partial charge >= 0.3 is 5.97 Å². The summed E-state index contributed by atoms with van der Waals surface area (Å²) in [7, 11) is 0. The number of benzene rings is 1. The van der Waals surface area contributed by atoms with Crippen molar-refractivity contribution in [3.8, 4) is 0 Å². The number of carbonyl (C=O) groups excluding carboxylic acids is 2. The SMILES string of the molecule is O=C(CC1(C(=O)O)CCC1)Nc1ccc(C(=O)N2CCCCC2)c(Cl)c1. The summed E-state index contributed by atoms with van der Waals surface area (Å²) in [5.74, 6) is -1.36. The van der Waals surface area contributed by atoms with Gasteiger partial charge in [0.25, 0.3) is 5.91 Å². The molecule has 1 aliphatic heterocycles. The molecule has 2 fully saturated rings. The van der Waals surface area contributed by atoms with Crippen LogP contribution in [0.3, 0.4) is 0 Å². The molecule has 0 aromatic heterocycles. The molecule has 6 nitrogen and oxygen atoms in total. The van der Waals surface area contributed by atoms with Crippen LogP contribution in [0.2, 0.25) is 5.02 Å². The first-order valence-electron chi connectivity index (χ1n) is 9.03. The van der Waals surface area contributed by atoms with Crippen molar-refractivity contribution in [1.29, 1.82) is 0 Å². The van der Waals surface area contributed by atoms with Crippen molar-refractivity contribution in [1.82, 2.24) is 4.90 Å². The molecule has 0 atom stereocenters. The van der Waals surface area contributed by atoms with Crippen LogP contribution in [0.15, 0.2) is 18.2 Å². The van der Waals surface area contributed by atoms with Gasteiger partial charge in [0.1, 0.15) is 0 Å². The number of aliphatic carboxylic acids is 1.